The van der Waals surface area contributed by atoms with Crippen LogP contribution in [-0.4, -0.2) is 10.9 Å². The van der Waals surface area contributed by atoms with Crippen molar-refractivity contribution in [3.8, 4) is 0 Å². The Bertz CT molecular complexity index is 1190. The quantitative estimate of drug-likeness (QED) is 0.317. The zero-order valence-electron chi connectivity index (χ0n) is 15.3. The Morgan fingerprint density at radius 1 is 0.966 bits per heavy atom. The first kappa shape index (κ1) is 20.2. The van der Waals surface area contributed by atoms with Crippen LogP contribution in [0.15, 0.2) is 60.7 Å². The normalized spacial score (nSPS) is 11.0. The molecule has 0 unspecified atom stereocenters. The summed E-state index contributed by atoms with van der Waals surface area (Å²) in [5.74, 6) is -0.221. The van der Waals surface area contributed by atoms with Crippen LogP contribution in [0.4, 0.5) is 5.13 Å². The largest absolute Gasteiger partial charge is 0.279 e. The van der Waals surface area contributed by atoms with Gasteiger partial charge in [0.25, 0.3) is 5.91 Å². The number of nitrogens with zero attached hydrogens (tertiary/aromatic N) is 2. The monoisotopic (exact) mass is 460 g/mol. The Morgan fingerprint density at radius 3 is 2.31 bits per heavy atom. The van der Waals surface area contributed by atoms with Gasteiger partial charge in [0.2, 0.25) is 0 Å². The number of rotatable bonds is 4. The second-order valence-corrected chi connectivity index (χ2v) is 8.92. The van der Waals surface area contributed by atoms with Crippen LogP contribution in [0, 0.1) is 6.92 Å². The number of benzene rings is 3. The zero-order valence-corrected chi connectivity index (χ0v) is 18.4. The molecule has 0 N–H and O–H groups in total. The summed E-state index contributed by atoms with van der Waals surface area (Å²) < 4.78 is 0.931. The van der Waals surface area contributed by atoms with Crippen molar-refractivity contribution < 1.29 is 4.79 Å². The van der Waals surface area contributed by atoms with Crippen molar-refractivity contribution in [1.82, 2.24) is 4.98 Å². The number of amides is 1. The van der Waals surface area contributed by atoms with E-state index in [1.54, 1.807) is 23.1 Å². The maximum absolute atomic E-state index is 13.4. The number of hydrogen-bond acceptors (Lipinski definition) is 3. The summed E-state index contributed by atoms with van der Waals surface area (Å²) in [5.41, 5.74) is 3.20. The molecule has 7 heteroatoms. The van der Waals surface area contributed by atoms with Gasteiger partial charge in [0.1, 0.15) is 0 Å². The summed E-state index contributed by atoms with van der Waals surface area (Å²) in [6.45, 7) is 2.33. The number of aryl methyl sites for hydroxylation is 1. The van der Waals surface area contributed by atoms with Crippen molar-refractivity contribution >= 4 is 67.4 Å². The van der Waals surface area contributed by atoms with Gasteiger partial charge in [-0.05, 0) is 48.4 Å². The summed E-state index contributed by atoms with van der Waals surface area (Å²) >= 11 is 19.9. The molecule has 0 aliphatic rings. The van der Waals surface area contributed by atoms with E-state index in [0.29, 0.717) is 32.3 Å². The van der Waals surface area contributed by atoms with Gasteiger partial charge >= 0.3 is 0 Å². The molecule has 0 atom stereocenters. The van der Waals surface area contributed by atoms with Crippen molar-refractivity contribution in [1.29, 1.82) is 0 Å². The molecule has 0 aliphatic heterocycles. The van der Waals surface area contributed by atoms with Crippen LogP contribution < -0.4 is 4.90 Å². The van der Waals surface area contributed by atoms with Crippen molar-refractivity contribution in [2.45, 2.75) is 13.5 Å². The summed E-state index contributed by atoms with van der Waals surface area (Å²) in [4.78, 5) is 19.8. The lowest BCUT2D eigenvalue weighted by molar-refractivity contribution is 0.0985. The van der Waals surface area contributed by atoms with Gasteiger partial charge in [-0.1, -0.05) is 76.5 Å². The van der Waals surface area contributed by atoms with E-state index in [1.165, 1.54) is 11.3 Å². The van der Waals surface area contributed by atoms with Crippen molar-refractivity contribution in [3.63, 3.8) is 0 Å². The van der Waals surface area contributed by atoms with Crippen LogP contribution in [0.5, 0.6) is 0 Å². The number of anilines is 1. The molecule has 1 aromatic heterocycles. The van der Waals surface area contributed by atoms with E-state index in [-0.39, 0.29) is 5.91 Å². The Labute approximate surface area is 187 Å². The molecule has 29 heavy (non-hydrogen) atoms. The van der Waals surface area contributed by atoms with Crippen LogP contribution in [-0.2, 0) is 6.54 Å². The molecule has 0 aliphatic carbocycles. The van der Waals surface area contributed by atoms with Gasteiger partial charge in [-0.2, -0.15) is 0 Å². The van der Waals surface area contributed by atoms with E-state index < -0.39 is 0 Å². The van der Waals surface area contributed by atoms with Crippen molar-refractivity contribution in [2.24, 2.45) is 0 Å². The first-order valence-electron chi connectivity index (χ1n) is 8.79. The van der Waals surface area contributed by atoms with E-state index >= 15 is 0 Å². The maximum atomic E-state index is 13.4. The van der Waals surface area contributed by atoms with E-state index in [9.17, 15) is 4.79 Å². The lowest BCUT2D eigenvalue weighted by atomic mass is 10.1. The molecular weight excluding hydrogens is 447 g/mol. The van der Waals surface area contributed by atoms with E-state index in [4.69, 9.17) is 39.8 Å². The number of aromatic nitrogens is 1. The molecule has 3 nitrogen and oxygen atoms in total. The number of hydrogen-bond donors (Lipinski definition) is 0. The summed E-state index contributed by atoms with van der Waals surface area (Å²) in [6.07, 6.45) is 0. The Balaban J connectivity index is 1.82. The van der Waals surface area contributed by atoms with Crippen LogP contribution in [0.3, 0.4) is 0 Å². The highest BCUT2D eigenvalue weighted by Gasteiger charge is 2.23. The molecule has 4 aromatic rings. The third-order valence-corrected chi connectivity index (χ3v) is 6.09. The van der Waals surface area contributed by atoms with E-state index in [2.05, 4.69) is 0 Å². The van der Waals surface area contributed by atoms with Gasteiger partial charge in [-0.15, -0.1) is 0 Å². The molecule has 1 amide bonds. The number of thiazole rings is 1. The number of carbonyl (C=O) groups is 1. The van der Waals surface area contributed by atoms with Gasteiger partial charge in [-0.25, -0.2) is 4.98 Å². The lowest BCUT2D eigenvalue weighted by Gasteiger charge is -2.20. The number of fused-ring (bicyclic) bond motifs is 1. The first-order chi connectivity index (χ1) is 13.9. The predicted octanol–water partition coefficient (Wildman–Crippen LogP) is 7.41. The fraction of sp³-hybridized carbons (Fsp3) is 0.0909. The highest BCUT2D eigenvalue weighted by molar-refractivity contribution is 7.22. The second kappa shape index (κ2) is 8.33. The molecule has 3 aromatic carbocycles. The Kier molecular flexibility index (Phi) is 5.79. The maximum Gasteiger partial charge on any atom is 0.260 e. The van der Waals surface area contributed by atoms with Gasteiger partial charge in [-0.3, -0.25) is 9.69 Å². The fourth-order valence-corrected chi connectivity index (χ4v) is 5.03. The van der Waals surface area contributed by atoms with Crippen molar-refractivity contribution in [2.75, 3.05) is 4.90 Å². The standard InChI is InChI=1S/C22H15Cl3N2OS/c1-13-7-16(23)11-19-20(13)26-22(29-19)27(12-14-5-3-2-4-6-14)21(28)15-8-17(24)10-18(25)9-15/h2-11H,12H2,1H3. The molecule has 0 bridgehead atoms. The SMILES string of the molecule is Cc1cc(Cl)cc2sc(N(Cc3ccccc3)C(=O)c3cc(Cl)cc(Cl)c3)nc12. The topological polar surface area (TPSA) is 33.2 Å². The smallest absolute Gasteiger partial charge is 0.260 e. The minimum absolute atomic E-state index is 0.221. The lowest BCUT2D eigenvalue weighted by Crippen LogP contribution is -2.30. The second-order valence-electron chi connectivity index (χ2n) is 6.60. The predicted molar refractivity (Wildman–Crippen MR) is 123 cm³/mol. The molecule has 0 spiro atoms. The van der Waals surface area contributed by atoms with E-state index in [0.717, 1.165) is 21.3 Å². The van der Waals surface area contributed by atoms with Crippen LogP contribution in [0.25, 0.3) is 10.2 Å². The fourth-order valence-electron chi connectivity index (χ4n) is 3.08. The summed E-state index contributed by atoms with van der Waals surface area (Å²) in [6, 6.07) is 18.3. The molecular formula is C22H15Cl3N2OS. The molecule has 146 valence electrons. The van der Waals surface area contributed by atoms with Crippen LogP contribution >= 0.6 is 46.1 Å². The Morgan fingerprint density at radius 2 is 1.62 bits per heavy atom. The Hall–Kier alpha value is -2.11. The third kappa shape index (κ3) is 4.41. The molecule has 0 saturated carbocycles. The molecule has 1 heterocycles. The van der Waals surface area contributed by atoms with Crippen LogP contribution in [0.1, 0.15) is 21.5 Å². The average molecular weight is 462 g/mol. The average Bonchev–Trinajstić information content (AvgIpc) is 3.09. The molecule has 0 radical (unpaired) electrons. The van der Waals surface area contributed by atoms with Gasteiger partial charge < -0.3 is 0 Å². The molecule has 4 rings (SSSR count). The molecule has 0 fully saturated rings. The van der Waals surface area contributed by atoms with Gasteiger partial charge in [0.15, 0.2) is 5.13 Å². The third-order valence-electron chi connectivity index (χ3n) is 4.41. The van der Waals surface area contributed by atoms with Crippen molar-refractivity contribution in [3.05, 3.63) is 92.4 Å². The number of halogens is 3. The van der Waals surface area contributed by atoms with Gasteiger partial charge in [0.05, 0.1) is 16.8 Å². The zero-order chi connectivity index (χ0) is 20.5. The van der Waals surface area contributed by atoms with Gasteiger partial charge in [0, 0.05) is 20.6 Å². The first-order valence-corrected chi connectivity index (χ1v) is 10.7. The molecule has 0 saturated heterocycles. The highest BCUT2D eigenvalue weighted by atomic mass is 35.5. The summed E-state index contributed by atoms with van der Waals surface area (Å²) in [7, 11) is 0. The minimum Gasteiger partial charge on any atom is -0.279 e. The van der Waals surface area contributed by atoms with Crippen LogP contribution in [0.2, 0.25) is 15.1 Å². The minimum atomic E-state index is -0.221. The summed E-state index contributed by atoms with van der Waals surface area (Å²) in [5, 5.41) is 2.06. The highest BCUT2D eigenvalue weighted by Crippen LogP contribution is 2.34. The van der Waals surface area contributed by atoms with E-state index in [1.807, 2.05) is 49.4 Å². The number of carbonyl (C=O) groups excluding carboxylic acids is 1.